The van der Waals surface area contributed by atoms with E-state index in [1.165, 1.54) is 76.7 Å². The number of benzene rings is 9. The van der Waals surface area contributed by atoms with Crippen molar-refractivity contribution in [3.8, 4) is 44.6 Å². The third kappa shape index (κ3) is 4.50. The molecule has 55 heavy (non-hydrogen) atoms. The van der Waals surface area contributed by atoms with Crippen molar-refractivity contribution >= 4 is 70.7 Å². The van der Waals surface area contributed by atoms with Crippen LogP contribution in [0.4, 0.5) is 0 Å². The lowest BCUT2D eigenvalue weighted by molar-refractivity contribution is 1.31. The van der Waals surface area contributed by atoms with Crippen LogP contribution >= 0.6 is 0 Å². The van der Waals surface area contributed by atoms with E-state index >= 15 is 0 Å². The van der Waals surface area contributed by atoms with Crippen LogP contribution in [0.5, 0.6) is 0 Å². The second-order valence-corrected chi connectivity index (χ2v) is 14.6. The van der Waals surface area contributed by atoms with Gasteiger partial charge in [-0.1, -0.05) is 146 Å². The number of hydrogen-bond donors (Lipinski definition) is 0. The number of nitrogens with zero attached hydrogens (tertiary/aromatic N) is 3. The second-order valence-electron chi connectivity index (χ2n) is 14.6. The SMILES string of the molecule is c1ccc(-c2ccc3c(c2)c2cc(-c4ccccc4)ccc2c2nc(-c4cccc(-c5ccc6c(c5)c5cccc7c8ccccc8n6c75)c4)cnc32)cc1. The predicted octanol–water partition coefficient (Wildman–Crippen LogP) is 13.8. The predicted molar refractivity (Wildman–Crippen MR) is 231 cm³/mol. The van der Waals surface area contributed by atoms with E-state index in [9.17, 15) is 0 Å². The molecule has 0 aliphatic heterocycles. The van der Waals surface area contributed by atoms with E-state index < -0.39 is 0 Å². The smallest absolute Gasteiger partial charge is 0.0979 e. The minimum absolute atomic E-state index is 0.858. The van der Waals surface area contributed by atoms with Crippen molar-refractivity contribution in [1.82, 2.24) is 14.4 Å². The minimum atomic E-state index is 0.858. The molecule has 3 heteroatoms. The molecule has 3 heterocycles. The van der Waals surface area contributed by atoms with E-state index in [0.717, 1.165) is 38.6 Å². The Morgan fingerprint density at radius 1 is 0.309 bits per heavy atom. The Bertz CT molecular complexity index is 3470. The first kappa shape index (κ1) is 30.1. The van der Waals surface area contributed by atoms with Crippen LogP contribution in [0.25, 0.3) is 115 Å². The summed E-state index contributed by atoms with van der Waals surface area (Å²) in [6.07, 6.45) is 1.94. The lowest BCUT2D eigenvalue weighted by atomic mass is 9.93. The lowest BCUT2D eigenvalue weighted by Crippen LogP contribution is -1.93. The summed E-state index contributed by atoms with van der Waals surface area (Å²) in [5, 5.41) is 9.71. The normalized spacial score (nSPS) is 12.0. The highest BCUT2D eigenvalue weighted by atomic mass is 14.9. The van der Waals surface area contributed by atoms with Crippen molar-refractivity contribution in [3.63, 3.8) is 0 Å². The van der Waals surface area contributed by atoms with Crippen molar-refractivity contribution in [2.24, 2.45) is 0 Å². The number of rotatable bonds is 4. The van der Waals surface area contributed by atoms with Gasteiger partial charge in [-0.15, -0.1) is 0 Å². The quantitative estimate of drug-likeness (QED) is 0.171. The molecule has 0 saturated heterocycles. The molecule has 0 N–H and O–H groups in total. The van der Waals surface area contributed by atoms with E-state index in [-0.39, 0.29) is 0 Å². The zero-order chi connectivity index (χ0) is 36.0. The third-order valence-corrected chi connectivity index (χ3v) is 11.5. The molecule has 0 atom stereocenters. The van der Waals surface area contributed by atoms with Crippen molar-refractivity contribution in [2.75, 3.05) is 0 Å². The van der Waals surface area contributed by atoms with Crippen molar-refractivity contribution in [1.29, 1.82) is 0 Å². The summed E-state index contributed by atoms with van der Waals surface area (Å²) in [5.74, 6) is 0. The molecule has 0 saturated carbocycles. The molecule has 3 nitrogen and oxygen atoms in total. The van der Waals surface area contributed by atoms with Crippen LogP contribution in [0.3, 0.4) is 0 Å². The van der Waals surface area contributed by atoms with Gasteiger partial charge in [0.05, 0.1) is 39.5 Å². The molecule has 12 rings (SSSR count). The fraction of sp³-hybridized carbons (Fsp3) is 0. The van der Waals surface area contributed by atoms with Crippen molar-refractivity contribution in [3.05, 3.63) is 188 Å². The topological polar surface area (TPSA) is 30.2 Å². The van der Waals surface area contributed by atoms with E-state index in [0.29, 0.717) is 0 Å². The molecule has 9 aromatic carbocycles. The molecular formula is C52H31N3. The van der Waals surface area contributed by atoms with Crippen LogP contribution < -0.4 is 0 Å². The van der Waals surface area contributed by atoms with E-state index in [2.05, 4.69) is 186 Å². The summed E-state index contributed by atoms with van der Waals surface area (Å²) in [4.78, 5) is 10.6. The summed E-state index contributed by atoms with van der Waals surface area (Å²) >= 11 is 0. The Morgan fingerprint density at radius 2 is 0.818 bits per heavy atom. The number of fused-ring (bicyclic) bond motifs is 12. The van der Waals surface area contributed by atoms with Gasteiger partial charge in [0.15, 0.2) is 0 Å². The first-order valence-electron chi connectivity index (χ1n) is 18.8. The van der Waals surface area contributed by atoms with E-state index in [4.69, 9.17) is 9.97 Å². The van der Waals surface area contributed by atoms with Crippen LogP contribution in [0.15, 0.2) is 188 Å². The average molecular weight is 698 g/mol. The largest absolute Gasteiger partial charge is 0.308 e. The Kier molecular flexibility index (Phi) is 6.34. The molecule has 0 fully saturated rings. The van der Waals surface area contributed by atoms with Gasteiger partial charge in [-0.2, -0.15) is 0 Å². The van der Waals surface area contributed by atoms with Gasteiger partial charge in [-0.05, 0) is 80.6 Å². The summed E-state index contributed by atoms with van der Waals surface area (Å²) in [6, 6.07) is 65.7. The number of para-hydroxylation sites is 2. The molecule has 0 unspecified atom stereocenters. The standard InChI is InChI=1S/C52H31N3/c1-3-11-32(12-4-1)35-21-24-40-44(28-35)45-29-36(33-13-5-2-6-14-33)22-25-41(45)51-50(40)53-31-47(54-51)38-16-9-15-34(27-38)37-23-26-49-46(30-37)43-19-10-18-42-39-17-7-8-20-48(39)55(49)52(42)43/h1-31H. The van der Waals surface area contributed by atoms with Crippen LogP contribution in [-0.2, 0) is 0 Å². The highest BCUT2D eigenvalue weighted by Gasteiger charge is 2.18. The highest BCUT2D eigenvalue weighted by Crippen LogP contribution is 2.41. The molecule has 0 aliphatic rings. The summed E-state index contributed by atoms with van der Waals surface area (Å²) in [7, 11) is 0. The van der Waals surface area contributed by atoms with Gasteiger partial charge in [0.1, 0.15) is 0 Å². The molecule has 254 valence electrons. The van der Waals surface area contributed by atoms with Gasteiger partial charge >= 0.3 is 0 Å². The molecule has 0 bridgehead atoms. The van der Waals surface area contributed by atoms with Crippen LogP contribution in [0.2, 0.25) is 0 Å². The Balaban J connectivity index is 1.02. The van der Waals surface area contributed by atoms with Crippen LogP contribution in [0, 0.1) is 0 Å². The van der Waals surface area contributed by atoms with Crippen molar-refractivity contribution < 1.29 is 0 Å². The minimum Gasteiger partial charge on any atom is -0.308 e. The maximum Gasteiger partial charge on any atom is 0.0979 e. The number of aromatic nitrogens is 3. The summed E-state index contributed by atoms with van der Waals surface area (Å²) < 4.78 is 2.43. The average Bonchev–Trinajstić information content (AvgIpc) is 3.79. The van der Waals surface area contributed by atoms with Crippen molar-refractivity contribution in [2.45, 2.75) is 0 Å². The molecule has 12 aromatic rings. The molecule has 0 radical (unpaired) electrons. The second kappa shape index (κ2) is 11.6. The number of hydrogen-bond acceptors (Lipinski definition) is 2. The fourth-order valence-electron chi connectivity index (χ4n) is 8.95. The van der Waals surface area contributed by atoms with Gasteiger partial charge in [0.25, 0.3) is 0 Å². The fourth-order valence-corrected chi connectivity index (χ4v) is 8.95. The van der Waals surface area contributed by atoms with Crippen LogP contribution in [0.1, 0.15) is 0 Å². The van der Waals surface area contributed by atoms with Gasteiger partial charge in [-0.25, -0.2) is 4.98 Å². The summed E-state index contributed by atoms with van der Waals surface area (Å²) in [6.45, 7) is 0. The summed E-state index contributed by atoms with van der Waals surface area (Å²) in [5.41, 5.74) is 14.6. The molecule has 0 aliphatic carbocycles. The molecule has 3 aromatic heterocycles. The van der Waals surface area contributed by atoms with Gasteiger partial charge in [-0.3, -0.25) is 4.98 Å². The van der Waals surface area contributed by atoms with E-state index in [1.54, 1.807) is 0 Å². The van der Waals surface area contributed by atoms with Gasteiger partial charge in [0, 0.05) is 37.9 Å². The molecular weight excluding hydrogens is 667 g/mol. The Morgan fingerprint density at radius 3 is 1.56 bits per heavy atom. The van der Waals surface area contributed by atoms with Crippen LogP contribution in [-0.4, -0.2) is 14.4 Å². The molecule has 0 spiro atoms. The first-order chi connectivity index (χ1) is 27.3. The zero-order valence-electron chi connectivity index (χ0n) is 29.7. The zero-order valence-corrected chi connectivity index (χ0v) is 29.7. The first-order valence-corrected chi connectivity index (χ1v) is 18.8. The third-order valence-electron chi connectivity index (χ3n) is 11.5. The molecule has 0 amide bonds. The Labute approximate surface area is 316 Å². The lowest BCUT2D eigenvalue weighted by Gasteiger charge is -2.14. The van der Waals surface area contributed by atoms with Gasteiger partial charge < -0.3 is 4.40 Å². The van der Waals surface area contributed by atoms with Gasteiger partial charge in [0.2, 0.25) is 0 Å². The monoisotopic (exact) mass is 697 g/mol. The van der Waals surface area contributed by atoms with E-state index in [1.807, 2.05) is 6.20 Å². The Hall–Kier alpha value is -7.36. The maximum absolute atomic E-state index is 5.41. The highest BCUT2D eigenvalue weighted by molar-refractivity contribution is 6.25. The maximum atomic E-state index is 5.41.